The summed E-state index contributed by atoms with van der Waals surface area (Å²) in [6.45, 7) is 2.75. The largest absolute Gasteiger partial charge is 0.420 e. The van der Waals surface area contributed by atoms with Crippen molar-refractivity contribution in [2.24, 2.45) is 0 Å². The number of aryl methyl sites for hydroxylation is 1. The zero-order chi connectivity index (χ0) is 14.9. The number of hydrogen-bond donors (Lipinski definition) is 0. The summed E-state index contributed by atoms with van der Waals surface area (Å²) in [6.07, 6.45) is 3.65. The van der Waals surface area contributed by atoms with Crippen molar-refractivity contribution in [1.82, 2.24) is 0 Å². The second kappa shape index (κ2) is 5.23. The van der Waals surface area contributed by atoms with E-state index in [-0.39, 0.29) is 5.69 Å². The molecular formula is C15H15N2O4+. The van der Waals surface area contributed by atoms with Crippen molar-refractivity contribution in [3.8, 4) is 0 Å². The van der Waals surface area contributed by atoms with Gasteiger partial charge in [0.1, 0.15) is 0 Å². The summed E-state index contributed by atoms with van der Waals surface area (Å²) in [5.74, 6) is -1.14. The van der Waals surface area contributed by atoms with E-state index in [0.717, 1.165) is 5.56 Å². The fourth-order valence-corrected chi connectivity index (χ4v) is 2.50. The highest BCUT2D eigenvalue weighted by atomic mass is 16.8. The van der Waals surface area contributed by atoms with Crippen LogP contribution in [0.2, 0.25) is 0 Å². The Kier molecular flexibility index (Phi) is 3.40. The van der Waals surface area contributed by atoms with Crippen molar-refractivity contribution in [3.05, 3.63) is 70.0 Å². The van der Waals surface area contributed by atoms with E-state index in [2.05, 4.69) is 0 Å². The maximum absolute atomic E-state index is 11.0. The van der Waals surface area contributed by atoms with Crippen LogP contribution in [0.15, 0.2) is 48.8 Å². The van der Waals surface area contributed by atoms with Gasteiger partial charge in [-0.15, -0.1) is 4.57 Å². The molecule has 3 rings (SSSR count). The SMILES string of the molecule is Cc1ccc([N+](=O)[O-])cc1C1([n+]2ccccc2)OCCO1. The smallest absolute Gasteiger partial charge is 0.288 e. The summed E-state index contributed by atoms with van der Waals surface area (Å²) in [6, 6.07) is 10.3. The van der Waals surface area contributed by atoms with Crippen LogP contribution in [-0.4, -0.2) is 18.1 Å². The van der Waals surface area contributed by atoms with E-state index in [4.69, 9.17) is 9.47 Å². The lowest BCUT2D eigenvalue weighted by Gasteiger charge is -2.22. The first kappa shape index (κ1) is 13.7. The van der Waals surface area contributed by atoms with Gasteiger partial charge in [-0.05, 0) is 12.5 Å². The lowest BCUT2D eigenvalue weighted by Crippen LogP contribution is -2.57. The maximum Gasteiger partial charge on any atom is 0.420 e. The first-order chi connectivity index (χ1) is 10.1. The van der Waals surface area contributed by atoms with Gasteiger partial charge >= 0.3 is 5.91 Å². The Morgan fingerprint density at radius 2 is 1.86 bits per heavy atom. The second-order valence-corrected chi connectivity index (χ2v) is 4.82. The van der Waals surface area contributed by atoms with Gasteiger partial charge < -0.3 is 0 Å². The minimum absolute atomic E-state index is 0.0191. The topological polar surface area (TPSA) is 65.5 Å². The molecule has 6 nitrogen and oxygen atoms in total. The highest BCUT2D eigenvalue weighted by Gasteiger charge is 2.50. The van der Waals surface area contributed by atoms with Crippen molar-refractivity contribution in [3.63, 3.8) is 0 Å². The molecule has 0 spiro atoms. The number of aromatic nitrogens is 1. The zero-order valence-electron chi connectivity index (χ0n) is 11.6. The van der Waals surface area contributed by atoms with Crippen molar-refractivity contribution in [1.29, 1.82) is 0 Å². The van der Waals surface area contributed by atoms with Crippen LogP contribution < -0.4 is 4.57 Å². The molecule has 0 unspecified atom stereocenters. The predicted molar refractivity (Wildman–Crippen MR) is 73.5 cm³/mol. The number of non-ortho nitro benzene ring substituents is 1. The highest BCUT2D eigenvalue weighted by molar-refractivity contribution is 5.41. The Labute approximate surface area is 121 Å². The van der Waals surface area contributed by atoms with Gasteiger partial charge in [-0.25, -0.2) is 0 Å². The number of pyridine rings is 1. The molecule has 0 radical (unpaired) electrons. The Morgan fingerprint density at radius 3 is 2.48 bits per heavy atom. The first-order valence-electron chi connectivity index (χ1n) is 6.64. The van der Waals surface area contributed by atoms with Gasteiger partial charge in [0.15, 0.2) is 12.4 Å². The first-order valence-corrected chi connectivity index (χ1v) is 6.64. The molecule has 21 heavy (non-hydrogen) atoms. The van der Waals surface area contributed by atoms with Gasteiger partial charge in [0, 0.05) is 24.3 Å². The zero-order valence-corrected chi connectivity index (χ0v) is 11.6. The van der Waals surface area contributed by atoms with Gasteiger partial charge in [-0.3, -0.25) is 19.6 Å². The fraction of sp³-hybridized carbons (Fsp3) is 0.267. The molecule has 0 saturated carbocycles. The third-order valence-electron chi connectivity index (χ3n) is 3.51. The number of nitro benzene ring substituents is 1. The van der Waals surface area contributed by atoms with Crippen molar-refractivity contribution in [2.45, 2.75) is 12.8 Å². The Morgan fingerprint density at radius 1 is 1.19 bits per heavy atom. The quantitative estimate of drug-likeness (QED) is 0.491. The molecule has 108 valence electrons. The summed E-state index contributed by atoms with van der Waals surface area (Å²) >= 11 is 0. The van der Waals surface area contributed by atoms with Crippen LogP contribution in [0, 0.1) is 17.0 Å². The minimum Gasteiger partial charge on any atom is -0.288 e. The minimum atomic E-state index is -1.14. The summed E-state index contributed by atoms with van der Waals surface area (Å²) in [7, 11) is 0. The molecule has 1 aliphatic heterocycles. The number of rotatable bonds is 3. The molecule has 2 heterocycles. The van der Waals surface area contributed by atoms with Gasteiger partial charge in [0.25, 0.3) is 5.69 Å². The third kappa shape index (κ3) is 2.28. The van der Waals surface area contributed by atoms with Crippen LogP contribution in [-0.2, 0) is 15.4 Å². The molecule has 0 atom stereocenters. The monoisotopic (exact) mass is 287 g/mol. The van der Waals surface area contributed by atoms with E-state index in [0.29, 0.717) is 18.8 Å². The molecule has 1 fully saturated rings. The Bertz CT molecular complexity index is 667. The molecule has 1 saturated heterocycles. The summed E-state index contributed by atoms with van der Waals surface area (Å²) < 4.78 is 13.5. The van der Waals surface area contributed by atoms with E-state index in [1.165, 1.54) is 12.1 Å². The molecule has 0 aliphatic carbocycles. The number of benzene rings is 1. The number of hydrogen-bond acceptors (Lipinski definition) is 4. The molecule has 0 bridgehead atoms. The predicted octanol–water partition coefficient (Wildman–Crippen LogP) is 1.90. The molecule has 2 aromatic rings. The molecule has 1 aromatic carbocycles. The van der Waals surface area contributed by atoms with Gasteiger partial charge in [0.2, 0.25) is 0 Å². The van der Waals surface area contributed by atoms with Crippen LogP contribution >= 0.6 is 0 Å². The molecule has 1 aromatic heterocycles. The van der Waals surface area contributed by atoms with Crippen LogP contribution in [0.4, 0.5) is 5.69 Å². The standard InChI is InChI=1S/C15H15N2O4/c1-12-5-6-13(17(18)19)11-14(12)15(20-9-10-21-15)16-7-3-2-4-8-16/h2-8,11H,9-10H2,1H3/q+1. The molecule has 1 aliphatic rings. The lowest BCUT2D eigenvalue weighted by atomic mass is 10.0. The maximum atomic E-state index is 11.0. The molecule has 0 N–H and O–H groups in total. The van der Waals surface area contributed by atoms with E-state index < -0.39 is 10.8 Å². The lowest BCUT2D eigenvalue weighted by molar-refractivity contribution is -0.834. The fourth-order valence-electron chi connectivity index (χ4n) is 2.50. The van der Waals surface area contributed by atoms with Crippen LogP contribution in [0.25, 0.3) is 0 Å². The second-order valence-electron chi connectivity index (χ2n) is 4.82. The van der Waals surface area contributed by atoms with Gasteiger partial charge in [0.05, 0.1) is 23.7 Å². The van der Waals surface area contributed by atoms with Crippen molar-refractivity contribution in [2.75, 3.05) is 13.2 Å². The summed E-state index contributed by atoms with van der Waals surface area (Å²) in [5, 5.41) is 11.0. The van der Waals surface area contributed by atoms with E-state index in [9.17, 15) is 10.1 Å². The Hall–Kier alpha value is -2.31. The van der Waals surface area contributed by atoms with Gasteiger partial charge in [-0.2, -0.15) is 0 Å². The van der Waals surface area contributed by atoms with Crippen LogP contribution in [0.5, 0.6) is 0 Å². The normalized spacial score (nSPS) is 16.8. The highest BCUT2D eigenvalue weighted by Crippen LogP contribution is 2.32. The van der Waals surface area contributed by atoms with Gasteiger partial charge in [-0.1, -0.05) is 12.1 Å². The van der Waals surface area contributed by atoms with Crippen molar-refractivity contribution >= 4 is 5.69 Å². The summed E-state index contributed by atoms with van der Waals surface area (Å²) in [5.41, 5.74) is 1.54. The summed E-state index contributed by atoms with van der Waals surface area (Å²) in [4.78, 5) is 10.6. The van der Waals surface area contributed by atoms with E-state index >= 15 is 0 Å². The van der Waals surface area contributed by atoms with E-state index in [1.807, 2.05) is 37.5 Å². The molecule has 0 amide bonds. The van der Waals surface area contributed by atoms with Crippen LogP contribution in [0.3, 0.4) is 0 Å². The van der Waals surface area contributed by atoms with Crippen molar-refractivity contribution < 1.29 is 19.0 Å². The average molecular weight is 287 g/mol. The van der Waals surface area contributed by atoms with Crippen LogP contribution in [0.1, 0.15) is 11.1 Å². The molecule has 6 heteroatoms. The van der Waals surface area contributed by atoms with E-state index in [1.54, 1.807) is 10.6 Å². The number of ether oxygens (including phenoxy) is 2. The average Bonchev–Trinajstić information content (AvgIpc) is 2.99. The third-order valence-corrected chi connectivity index (χ3v) is 3.51. The Balaban J connectivity index is 2.19. The number of nitro groups is 1. The molecular weight excluding hydrogens is 272 g/mol. The number of nitrogens with zero attached hydrogens (tertiary/aromatic N) is 2.